The monoisotopic (exact) mass is 312 g/mol. The van der Waals surface area contributed by atoms with E-state index >= 15 is 0 Å². The van der Waals surface area contributed by atoms with Gasteiger partial charge >= 0.3 is 0 Å². The zero-order chi connectivity index (χ0) is 14.7. The smallest absolute Gasteiger partial charge is 0.154 e. The van der Waals surface area contributed by atoms with E-state index in [0.29, 0.717) is 16.6 Å². The Morgan fingerprint density at radius 1 is 1.25 bits per heavy atom. The van der Waals surface area contributed by atoms with Crippen LogP contribution in [0.4, 0.5) is 0 Å². The lowest BCUT2D eigenvalue weighted by molar-refractivity contribution is 0.660. The molecule has 0 atom stereocenters. The van der Waals surface area contributed by atoms with Crippen molar-refractivity contribution >= 4 is 23.2 Å². The quantitative estimate of drug-likeness (QED) is 0.856. The Morgan fingerprint density at radius 2 is 2.00 bits per heavy atom. The minimum absolute atomic E-state index is 0.646. The van der Waals surface area contributed by atoms with Gasteiger partial charge in [-0.3, -0.25) is 0 Å². The summed E-state index contributed by atoms with van der Waals surface area (Å²) in [6, 6.07) is 3.69. The molecule has 0 unspecified atom stereocenters. The molecule has 0 spiro atoms. The first-order valence-corrected chi connectivity index (χ1v) is 7.38. The Morgan fingerprint density at radius 3 is 2.60 bits per heavy atom. The van der Waals surface area contributed by atoms with Crippen molar-refractivity contribution in [3.05, 3.63) is 39.3 Å². The van der Waals surface area contributed by atoms with Crippen LogP contribution >= 0.6 is 23.2 Å². The minimum Gasteiger partial charge on any atom is -0.311 e. The van der Waals surface area contributed by atoms with E-state index < -0.39 is 0 Å². The van der Waals surface area contributed by atoms with E-state index in [4.69, 9.17) is 23.2 Å². The maximum atomic E-state index is 6.18. The van der Waals surface area contributed by atoms with E-state index in [-0.39, 0.29) is 0 Å². The molecule has 0 radical (unpaired) electrons. The summed E-state index contributed by atoms with van der Waals surface area (Å²) >= 11 is 12.4. The van der Waals surface area contributed by atoms with Crippen LogP contribution in [0.25, 0.3) is 5.82 Å². The van der Waals surface area contributed by atoms with Gasteiger partial charge in [0, 0.05) is 6.54 Å². The van der Waals surface area contributed by atoms with E-state index in [1.807, 2.05) is 26.0 Å². The van der Waals surface area contributed by atoms with Gasteiger partial charge in [0.05, 0.1) is 27.1 Å². The number of hydrogen-bond acceptors (Lipinski definition) is 3. The molecule has 0 saturated carbocycles. The third-order valence-electron chi connectivity index (χ3n) is 3.04. The molecular weight excluding hydrogens is 295 g/mol. The Labute approximate surface area is 129 Å². The van der Waals surface area contributed by atoms with Crippen molar-refractivity contribution in [2.75, 3.05) is 6.54 Å². The average Bonchev–Trinajstić information content (AvgIpc) is 2.69. The molecule has 1 N–H and O–H groups in total. The summed E-state index contributed by atoms with van der Waals surface area (Å²) in [5.41, 5.74) is 2.50. The van der Waals surface area contributed by atoms with Gasteiger partial charge in [-0.1, -0.05) is 30.1 Å². The van der Waals surface area contributed by atoms with Gasteiger partial charge in [-0.15, -0.1) is 0 Å². The fourth-order valence-corrected chi connectivity index (χ4v) is 2.23. The fourth-order valence-electron chi connectivity index (χ4n) is 1.95. The van der Waals surface area contributed by atoms with Crippen LogP contribution in [0.15, 0.2) is 12.1 Å². The van der Waals surface area contributed by atoms with E-state index in [1.54, 1.807) is 4.68 Å². The van der Waals surface area contributed by atoms with Crippen molar-refractivity contribution in [3.63, 3.8) is 0 Å². The van der Waals surface area contributed by atoms with Crippen LogP contribution in [0.1, 0.15) is 30.4 Å². The van der Waals surface area contributed by atoms with Gasteiger partial charge in [-0.05, 0) is 38.9 Å². The topological polar surface area (TPSA) is 42.7 Å². The van der Waals surface area contributed by atoms with Crippen LogP contribution in [0.2, 0.25) is 10.0 Å². The molecule has 20 heavy (non-hydrogen) atoms. The molecule has 0 aliphatic carbocycles. The van der Waals surface area contributed by atoms with Crippen LogP contribution in [0.5, 0.6) is 0 Å². The average molecular weight is 313 g/mol. The molecule has 0 fully saturated rings. The summed E-state index contributed by atoms with van der Waals surface area (Å²) in [6.45, 7) is 7.51. The number of hydrogen-bond donors (Lipinski definition) is 1. The molecule has 0 aliphatic rings. The normalized spacial score (nSPS) is 11.1. The summed E-state index contributed by atoms with van der Waals surface area (Å²) in [6.07, 6.45) is 1.07. The number of nitrogens with one attached hydrogen (secondary N) is 1. The molecule has 2 heterocycles. The number of nitrogens with zero attached hydrogens (tertiary/aromatic N) is 3. The van der Waals surface area contributed by atoms with Crippen molar-refractivity contribution in [1.82, 2.24) is 20.1 Å². The zero-order valence-electron chi connectivity index (χ0n) is 11.9. The summed E-state index contributed by atoms with van der Waals surface area (Å²) in [5.74, 6) is 0.732. The lowest BCUT2D eigenvalue weighted by atomic mass is 10.3. The highest BCUT2D eigenvalue weighted by molar-refractivity contribution is 6.32. The van der Waals surface area contributed by atoms with Gasteiger partial charge in [0.1, 0.15) is 0 Å². The molecular formula is C14H18Cl2N4. The van der Waals surface area contributed by atoms with Crippen LogP contribution in [0, 0.1) is 13.8 Å². The van der Waals surface area contributed by atoms with Crippen molar-refractivity contribution in [3.8, 4) is 5.82 Å². The van der Waals surface area contributed by atoms with Gasteiger partial charge in [-0.2, -0.15) is 5.10 Å². The summed E-state index contributed by atoms with van der Waals surface area (Å²) in [7, 11) is 0. The molecule has 108 valence electrons. The molecule has 0 aromatic carbocycles. The third kappa shape index (κ3) is 3.14. The molecule has 0 amide bonds. The largest absolute Gasteiger partial charge is 0.311 e. The number of aryl methyl sites for hydroxylation is 1. The maximum absolute atomic E-state index is 6.18. The molecule has 6 heteroatoms. The van der Waals surface area contributed by atoms with Crippen molar-refractivity contribution in [2.45, 2.75) is 33.7 Å². The first-order chi connectivity index (χ1) is 9.54. The number of pyridine rings is 1. The highest BCUT2D eigenvalue weighted by Gasteiger charge is 2.13. The predicted molar refractivity (Wildman–Crippen MR) is 82.9 cm³/mol. The Balaban J connectivity index is 2.33. The molecule has 2 aromatic heterocycles. The first kappa shape index (κ1) is 15.3. The van der Waals surface area contributed by atoms with Crippen molar-refractivity contribution in [1.29, 1.82) is 0 Å². The van der Waals surface area contributed by atoms with Crippen LogP contribution in [-0.4, -0.2) is 21.3 Å². The number of halogens is 2. The van der Waals surface area contributed by atoms with Gasteiger partial charge in [0.25, 0.3) is 0 Å². The highest BCUT2D eigenvalue weighted by Crippen LogP contribution is 2.23. The van der Waals surface area contributed by atoms with Gasteiger partial charge in [0.15, 0.2) is 5.82 Å². The minimum atomic E-state index is 0.646. The summed E-state index contributed by atoms with van der Waals surface area (Å²) < 4.78 is 1.75. The van der Waals surface area contributed by atoms with Crippen LogP contribution in [-0.2, 0) is 6.54 Å². The second kappa shape index (κ2) is 6.57. The van der Waals surface area contributed by atoms with Gasteiger partial charge in [0.2, 0.25) is 0 Å². The Kier molecular flexibility index (Phi) is 5.02. The van der Waals surface area contributed by atoms with Gasteiger partial charge in [-0.25, -0.2) is 9.67 Å². The lowest BCUT2D eigenvalue weighted by Gasteiger charge is -2.09. The summed E-state index contributed by atoms with van der Waals surface area (Å²) in [4.78, 5) is 4.58. The first-order valence-electron chi connectivity index (χ1n) is 6.62. The number of rotatable bonds is 5. The van der Waals surface area contributed by atoms with E-state index in [0.717, 1.165) is 35.9 Å². The lowest BCUT2D eigenvalue weighted by Crippen LogP contribution is -2.16. The Hall–Kier alpha value is -1.10. The number of aromatic nitrogens is 3. The fraction of sp³-hybridized carbons (Fsp3) is 0.429. The second-order valence-corrected chi connectivity index (χ2v) is 5.46. The van der Waals surface area contributed by atoms with Crippen molar-refractivity contribution < 1.29 is 0 Å². The summed E-state index contributed by atoms with van der Waals surface area (Å²) in [5, 5.41) is 9.04. The molecule has 2 rings (SSSR count). The van der Waals surface area contributed by atoms with Crippen LogP contribution < -0.4 is 5.32 Å². The van der Waals surface area contributed by atoms with Crippen molar-refractivity contribution in [2.24, 2.45) is 0 Å². The molecule has 0 aliphatic heterocycles. The third-order valence-corrected chi connectivity index (χ3v) is 3.93. The standard InChI is InChI=1S/C14H18Cl2N4/c1-4-7-17-8-12-11(15)5-6-13(18-12)20-10(3)14(16)9(2)19-20/h5-6,17H,4,7-8H2,1-3H3. The molecule has 4 nitrogen and oxygen atoms in total. The van der Waals surface area contributed by atoms with E-state index in [2.05, 4.69) is 22.3 Å². The van der Waals surface area contributed by atoms with E-state index in [1.165, 1.54) is 0 Å². The zero-order valence-corrected chi connectivity index (χ0v) is 13.4. The molecule has 0 saturated heterocycles. The highest BCUT2D eigenvalue weighted by atomic mass is 35.5. The molecule has 0 bridgehead atoms. The maximum Gasteiger partial charge on any atom is 0.154 e. The Bertz CT molecular complexity index is 607. The van der Waals surface area contributed by atoms with Crippen LogP contribution in [0.3, 0.4) is 0 Å². The van der Waals surface area contributed by atoms with E-state index in [9.17, 15) is 0 Å². The SMILES string of the molecule is CCCNCc1nc(-n2nc(C)c(Cl)c2C)ccc1Cl. The second-order valence-electron chi connectivity index (χ2n) is 4.67. The van der Waals surface area contributed by atoms with Gasteiger partial charge < -0.3 is 5.32 Å². The molecule has 2 aromatic rings. The predicted octanol–water partition coefficient (Wildman–Crippen LogP) is 3.69.